The first-order valence-corrected chi connectivity index (χ1v) is 8.12. The third kappa shape index (κ3) is 6.98. The molecular formula is C17H31N3O2. The van der Waals surface area contributed by atoms with Gasteiger partial charge in [-0.15, -0.1) is 0 Å². The van der Waals surface area contributed by atoms with E-state index in [1.165, 1.54) is 5.69 Å². The topological polar surface area (TPSA) is 46.5 Å². The highest BCUT2D eigenvalue weighted by Gasteiger charge is 2.18. The third-order valence-electron chi connectivity index (χ3n) is 3.25. The number of ether oxygens (including phenoxy) is 1. The summed E-state index contributed by atoms with van der Waals surface area (Å²) in [5.41, 5.74) is 0.871. The first-order valence-electron chi connectivity index (χ1n) is 8.12. The summed E-state index contributed by atoms with van der Waals surface area (Å²) in [7, 11) is 1.78. The second kappa shape index (κ2) is 8.83. The minimum atomic E-state index is -0.436. The number of nitrogens with one attached hydrogen (secondary N) is 1. The predicted molar refractivity (Wildman–Crippen MR) is 89.9 cm³/mol. The van der Waals surface area contributed by atoms with Gasteiger partial charge in [-0.1, -0.05) is 6.92 Å². The maximum absolute atomic E-state index is 11.8. The van der Waals surface area contributed by atoms with Crippen LogP contribution in [0.4, 0.5) is 4.79 Å². The first-order chi connectivity index (χ1) is 10.3. The Morgan fingerprint density at radius 3 is 2.77 bits per heavy atom. The zero-order valence-electron chi connectivity index (χ0n) is 14.7. The number of hydrogen-bond acceptors (Lipinski definition) is 3. The number of carbonyl (C=O) groups is 1. The lowest BCUT2D eigenvalue weighted by molar-refractivity contribution is 0.0297. The Hall–Kier alpha value is -1.49. The van der Waals surface area contributed by atoms with Crippen molar-refractivity contribution in [1.82, 2.24) is 14.8 Å². The number of aryl methyl sites for hydroxylation is 1. The molecule has 0 aromatic carbocycles. The highest BCUT2D eigenvalue weighted by atomic mass is 16.6. The van der Waals surface area contributed by atoms with E-state index >= 15 is 0 Å². The summed E-state index contributed by atoms with van der Waals surface area (Å²) >= 11 is 0. The van der Waals surface area contributed by atoms with Crippen LogP contribution in [0.2, 0.25) is 0 Å². The molecule has 22 heavy (non-hydrogen) atoms. The molecule has 0 aliphatic heterocycles. The Bertz CT molecular complexity index is 449. The fourth-order valence-corrected chi connectivity index (χ4v) is 2.16. The van der Waals surface area contributed by atoms with E-state index in [1.54, 1.807) is 11.9 Å². The van der Waals surface area contributed by atoms with Crippen LogP contribution >= 0.6 is 0 Å². The minimum Gasteiger partial charge on any atom is -0.444 e. The highest BCUT2D eigenvalue weighted by molar-refractivity contribution is 5.67. The fraction of sp³-hybridized carbons (Fsp3) is 0.706. The van der Waals surface area contributed by atoms with Crippen molar-refractivity contribution in [1.29, 1.82) is 0 Å². The van der Waals surface area contributed by atoms with Crippen LogP contribution in [0.5, 0.6) is 0 Å². The van der Waals surface area contributed by atoms with Gasteiger partial charge in [0.05, 0.1) is 0 Å². The van der Waals surface area contributed by atoms with E-state index in [0.29, 0.717) is 6.54 Å². The summed E-state index contributed by atoms with van der Waals surface area (Å²) in [6, 6.07) is 4.23. The van der Waals surface area contributed by atoms with Crippen molar-refractivity contribution in [3.8, 4) is 0 Å². The van der Waals surface area contributed by atoms with Crippen molar-refractivity contribution in [3.63, 3.8) is 0 Å². The van der Waals surface area contributed by atoms with Crippen LogP contribution in [0, 0.1) is 0 Å². The van der Waals surface area contributed by atoms with Crippen LogP contribution in [0.3, 0.4) is 0 Å². The van der Waals surface area contributed by atoms with Crippen LogP contribution in [0.15, 0.2) is 18.3 Å². The largest absolute Gasteiger partial charge is 0.444 e. The van der Waals surface area contributed by atoms with E-state index < -0.39 is 5.60 Å². The molecule has 1 aromatic heterocycles. The number of amides is 1. The standard InChI is InChI=1S/C17H31N3O2/c1-6-11-20-13-7-9-15(20)14-18-10-8-12-19(5)16(21)22-17(2,3)4/h7,9,13,18H,6,8,10-12,14H2,1-5H3. The molecule has 1 N–H and O–H groups in total. The van der Waals surface area contributed by atoms with Crippen molar-refractivity contribution in [2.45, 2.75) is 59.2 Å². The molecule has 1 aromatic rings. The molecule has 1 heterocycles. The number of aromatic nitrogens is 1. The average molecular weight is 309 g/mol. The fourth-order valence-electron chi connectivity index (χ4n) is 2.16. The minimum absolute atomic E-state index is 0.260. The van der Waals surface area contributed by atoms with E-state index in [2.05, 4.69) is 35.1 Å². The molecule has 0 aliphatic rings. The third-order valence-corrected chi connectivity index (χ3v) is 3.25. The van der Waals surface area contributed by atoms with Gasteiger partial charge in [0, 0.05) is 38.6 Å². The van der Waals surface area contributed by atoms with Gasteiger partial charge in [0.25, 0.3) is 0 Å². The van der Waals surface area contributed by atoms with Gasteiger partial charge in [-0.3, -0.25) is 0 Å². The Kier molecular flexibility index (Phi) is 7.45. The monoisotopic (exact) mass is 309 g/mol. The molecule has 5 heteroatoms. The van der Waals surface area contributed by atoms with Gasteiger partial charge in [0.1, 0.15) is 5.60 Å². The summed E-state index contributed by atoms with van der Waals surface area (Å²) in [5.74, 6) is 0. The van der Waals surface area contributed by atoms with E-state index in [9.17, 15) is 4.79 Å². The quantitative estimate of drug-likeness (QED) is 0.750. The van der Waals surface area contributed by atoms with Gasteiger partial charge in [0.2, 0.25) is 0 Å². The highest BCUT2D eigenvalue weighted by Crippen LogP contribution is 2.09. The molecule has 0 saturated heterocycles. The Morgan fingerprint density at radius 2 is 2.14 bits per heavy atom. The lowest BCUT2D eigenvalue weighted by atomic mass is 10.2. The number of rotatable bonds is 8. The van der Waals surface area contributed by atoms with Crippen molar-refractivity contribution >= 4 is 6.09 Å². The lowest BCUT2D eigenvalue weighted by Gasteiger charge is -2.24. The van der Waals surface area contributed by atoms with Gasteiger partial charge >= 0.3 is 6.09 Å². The van der Waals surface area contributed by atoms with E-state index in [0.717, 1.165) is 32.5 Å². The summed E-state index contributed by atoms with van der Waals surface area (Å²) in [5, 5.41) is 3.43. The Labute approximate surface area is 134 Å². The zero-order chi connectivity index (χ0) is 16.6. The second-order valence-corrected chi connectivity index (χ2v) is 6.63. The van der Waals surface area contributed by atoms with Crippen molar-refractivity contribution in [2.75, 3.05) is 20.1 Å². The molecule has 0 saturated carbocycles. The molecule has 0 aliphatic carbocycles. The molecule has 0 unspecified atom stereocenters. The summed E-state index contributed by atoms with van der Waals surface area (Å²) in [6.45, 7) is 11.3. The van der Waals surface area contributed by atoms with Gasteiger partial charge in [0.15, 0.2) is 0 Å². The van der Waals surface area contributed by atoms with Crippen molar-refractivity contribution < 1.29 is 9.53 Å². The number of carbonyl (C=O) groups excluding carboxylic acids is 1. The first kappa shape index (κ1) is 18.6. The van der Waals surface area contributed by atoms with Crippen LogP contribution in [0.1, 0.15) is 46.2 Å². The maximum Gasteiger partial charge on any atom is 0.410 e. The van der Waals surface area contributed by atoms with Gasteiger partial charge in [-0.05, 0) is 52.3 Å². The van der Waals surface area contributed by atoms with E-state index in [4.69, 9.17) is 4.74 Å². The average Bonchev–Trinajstić information content (AvgIpc) is 2.84. The molecule has 1 rings (SSSR count). The van der Waals surface area contributed by atoms with Crippen LogP contribution < -0.4 is 5.32 Å². The zero-order valence-corrected chi connectivity index (χ0v) is 14.7. The summed E-state index contributed by atoms with van der Waals surface area (Å²) in [6.07, 6.45) is 3.91. The normalized spacial score (nSPS) is 11.5. The van der Waals surface area contributed by atoms with Gasteiger partial charge in [-0.2, -0.15) is 0 Å². The van der Waals surface area contributed by atoms with Gasteiger partial charge in [-0.25, -0.2) is 4.79 Å². The molecule has 0 radical (unpaired) electrons. The molecule has 0 fully saturated rings. The molecule has 0 bridgehead atoms. The van der Waals surface area contributed by atoms with Crippen LogP contribution in [-0.4, -0.2) is 41.3 Å². The predicted octanol–water partition coefficient (Wildman–Crippen LogP) is 3.24. The molecule has 5 nitrogen and oxygen atoms in total. The van der Waals surface area contributed by atoms with E-state index in [-0.39, 0.29) is 6.09 Å². The SMILES string of the molecule is CCCn1cccc1CNCCCN(C)C(=O)OC(C)(C)C. The molecule has 1 amide bonds. The Morgan fingerprint density at radius 1 is 1.41 bits per heavy atom. The van der Waals surface area contributed by atoms with Crippen molar-refractivity contribution in [2.24, 2.45) is 0 Å². The second-order valence-electron chi connectivity index (χ2n) is 6.63. The number of hydrogen-bond donors (Lipinski definition) is 1. The van der Waals surface area contributed by atoms with Crippen LogP contribution in [0.25, 0.3) is 0 Å². The number of nitrogens with zero attached hydrogens (tertiary/aromatic N) is 2. The molecule has 126 valence electrons. The lowest BCUT2D eigenvalue weighted by Crippen LogP contribution is -2.35. The molecular weight excluding hydrogens is 278 g/mol. The summed E-state index contributed by atoms with van der Waals surface area (Å²) in [4.78, 5) is 13.4. The smallest absolute Gasteiger partial charge is 0.410 e. The van der Waals surface area contributed by atoms with Crippen LogP contribution in [-0.2, 0) is 17.8 Å². The molecule has 0 atom stereocenters. The molecule has 0 spiro atoms. The van der Waals surface area contributed by atoms with Gasteiger partial charge < -0.3 is 19.5 Å². The maximum atomic E-state index is 11.8. The van der Waals surface area contributed by atoms with Crippen molar-refractivity contribution in [3.05, 3.63) is 24.0 Å². The Balaban J connectivity index is 2.19. The summed E-state index contributed by atoms with van der Waals surface area (Å²) < 4.78 is 7.60. The van der Waals surface area contributed by atoms with E-state index in [1.807, 2.05) is 20.8 Å².